The van der Waals surface area contributed by atoms with E-state index in [0.717, 1.165) is 10.0 Å². The Morgan fingerprint density at radius 2 is 2.12 bits per heavy atom. The lowest BCUT2D eigenvalue weighted by Crippen LogP contribution is -2.38. The molecule has 1 aromatic rings. The zero-order chi connectivity index (χ0) is 13.1. The molecule has 0 bridgehead atoms. The van der Waals surface area contributed by atoms with Gasteiger partial charge in [-0.25, -0.2) is 0 Å². The minimum Gasteiger partial charge on any atom is -0.351 e. The maximum atomic E-state index is 12.0. The van der Waals surface area contributed by atoms with Crippen LogP contribution in [0.2, 0.25) is 0 Å². The van der Waals surface area contributed by atoms with E-state index < -0.39 is 0 Å². The van der Waals surface area contributed by atoms with E-state index in [2.05, 4.69) is 21.2 Å². The van der Waals surface area contributed by atoms with Gasteiger partial charge in [-0.15, -0.1) is 0 Å². The molecule has 4 heteroatoms. The number of nitrogens with one attached hydrogen (secondary N) is 1. The van der Waals surface area contributed by atoms with Crippen LogP contribution in [0.3, 0.4) is 0 Å². The normalized spacial score (nSPS) is 11.4. The maximum Gasteiger partial charge on any atom is 0.251 e. The van der Waals surface area contributed by atoms with E-state index in [1.807, 2.05) is 39.0 Å². The molecule has 0 radical (unpaired) electrons. The first-order chi connectivity index (χ1) is 7.85. The minimum absolute atomic E-state index is 0.0506. The van der Waals surface area contributed by atoms with E-state index in [4.69, 9.17) is 5.73 Å². The molecule has 0 saturated heterocycles. The number of benzene rings is 1. The van der Waals surface area contributed by atoms with Gasteiger partial charge in [0.25, 0.3) is 5.91 Å². The largest absolute Gasteiger partial charge is 0.351 e. The molecule has 1 amide bonds. The molecule has 0 heterocycles. The van der Waals surface area contributed by atoms with Crippen molar-refractivity contribution in [3.05, 3.63) is 33.8 Å². The highest BCUT2D eigenvalue weighted by Gasteiger charge is 2.17. The summed E-state index contributed by atoms with van der Waals surface area (Å²) in [5.74, 6) is -0.0506. The molecule has 0 saturated carbocycles. The minimum atomic E-state index is -0.0738. The molecule has 0 aliphatic heterocycles. The third-order valence-corrected chi connectivity index (χ3v) is 3.22. The number of hydrogen-bond acceptors (Lipinski definition) is 2. The van der Waals surface area contributed by atoms with Crippen LogP contribution >= 0.6 is 15.9 Å². The predicted octanol–water partition coefficient (Wildman–Crippen LogP) is 2.47. The van der Waals surface area contributed by atoms with Gasteiger partial charge in [-0.3, -0.25) is 4.79 Å². The molecular weight excluding hydrogens is 280 g/mol. The topological polar surface area (TPSA) is 55.1 Å². The number of carbonyl (C=O) groups excluding carboxylic acids is 1. The molecule has 0 unspecified atom stereocenters. The molecule has 17 heavy (non-hydrogen) atoms. The molecule has 94 valence electrons. The summed E-state index contributed by atoms with van der Waals surface area (Å²) in [4.78, 5) is 12.0. The van der Waals surface area contributed by atoms with Crippen molar-refractivity contribution < 1.29 is 4.79 Å². The third-order valence-electron chi connectivity index (χ3n) is 2.72. The van der Waals surface area contributed by atoms with Crippen molar-refractivity contribution >= 4 is 21.8 Å². The Hall–Kier alpha value is -0.870. The molecule has 0 aliphatic rings. The van der Waals surface area contributed by atoms with Crippen LogP contribution in [0.4, 0.5) is 0 Å². The zero-order valence-electron chi connectivity index (χ0n) is 10.5. The molecule has 0 aliphatic carbocycles. The first-order valence-corrected chi connectivity index (χ1v) is 6.39. The average molecular weight is 299 g/mol. The Bertz CT molecular complexity index is 416. The van der Waals surface area contributed by atoms with E-state index in [1.165, 1.54) is 0 Å². The molecule has 0 aromatic heterocycles. The van der Waals surface area contributed by atoms with Gasteiger partial charge >= 0.3 is 0 Å². The number of halogens is 1. The summed E-state index contributed by atoms with van der Waals surface area (Å²) < 4.78 is 0.909. The fraction of sp³-hybridized carbons (Fsp3) is 0.462. The summed E-state index contributed by atoms with van der Waals surface area (Å²) in [6.07, 6.45) is 0. The quantitative estimate of drug-likeness (QED) is 0.897. The van der Waals surface area contributed by atoms with E-state index in [9.17, 15) is 4.79 Å². The van der Waals surface area contributed by atoms with Gasteiger partial charge in [-0.05, 0) is 36.6 Å². The highest BCUT2D eigenvalue weighted by molar-refractivity contribution is 9.10. The van der Waals surface area contributed by atoms with Crippen LogP contribution in [0.25, 0.3) is 0 Å². The van der Waals surface area contributed by atoms with E-state index in [0.29, 0.717) is 18.7 Å². The standard InChI is InChI=1S/C13H19BrN2O/c1-9-4-5-10(14)6-11(9)12(17)16-8-13(2,3)7-15/h4-6H,7-8,15H2,1-3H3,(H,16,17). The molecule has 0 spiro atoms. The van der Waals surface area contributed by atoms with Gasteiger partial charge in [0.2, 0.25) is 0 Å². The molecule has 1 aromatic carbocycles. The second-order valence-electron chi connectivity index (χ2n) is 5.01. The second kappa shape index (κ2) is 5.65. The van der Waals surface area contributed by atoms with Crippen molar-refractivity contribution in [1.29, 1.82) is 0 Å². The summed E-state index contributed by atoms with van der Waals surface area (Å²) in [6, 6.07) is 5.68. The van der Waals surface area contributed by atoms with Crippen LogP contribution in [0.5, 0.6) is 0 Å². The third kappa shape index (κ3) is 4.13. The maximum absolute atomic E-state index is 12.0. The first kappa shape index (κ1) is 14.2. The van der Waals surface area contributed by atoms with Crippen molar-refractivity contribution in [3.8, 4) is 0 Å². The average Bonchev–Trinajstić information content (AvgIpc) is 2.29. The smallest absolute Gasteiger partial charge is 0.251 e. The predicted molar refractivity (Wildman–Crippen MR) is 74.0 cm³/mol. The van der Waals surface area contributed by atoms with E-state index in [-0.39, 0.29) is 11.3 Å². The van der Waals surface area contributed by atoms with Crippen molar-refractivity contribution in [3.63, 3.8) is 0 Å². The summed E-state index contributed by atoms with van der Waals surface area (Å²) in [6.45, 7) is 7.11. The van der Waals surface area contributed by atoms with Crippen LogP contribution in [0.15, 0.2) is 22.7 Å². The van der Waals surface area contributed by atoms with Gasteiger partial charge in [0.1, 0.15) is 0 Å². The van der Waals surface area contributed by atoms with Gasteiger partial charge in [-0.1, -0.05) is 35.8 Å². The van der Waals surface area contributed by atoms with Crippen molar-refractivity contribution in [2.45, 2.75) is 20.8 Å². The van der Waals surface area contributed by atoms with Crippen LogP contribution in [-0.4, -0.2) is 19.0 Å². The van der Waals surface area contributed by atoms with Crippen LogP contribution in [0, 0.1) is 12.3 Å². The molecule has 1 rings (SSSR count). The van der Waals surface area contributed by atoms with Crippen LogP contribution in [0.1, 0.15) is 29.8 Å². The van der Waals surface area contributed by atoms with Crippen molar-refractivity contribution in [1.82, 2.24) is 5.32 Å². The molecule has 3 nitrogen and oxygen atoms in total. The SMILES string of the molecule is Cc1ccc(Br)cc1C(=O)NCC(C)(C)CN. The lowest BCUT2D eigenvalue weighted by atomic mass is 9.94. The molecule has 0 fully saturated rings. The lowest BCUT2D eigenvalue weighted by molar-refractivity contribution is 0.0937. The number of aryl methyl sites for hydroxylation is 1. The summed E-state index contributed by atoms with van der Waals surface area (Å²) in [5, 5.41) is 2.92. The van der Waals surface area contributed by atoms with Gasteiger partial charge in [0.15, 0.2) is 0 Å². The Morgan fingerprint density at radius 1 is 1.47 bits per heavy atom. The Labute approximate surface area is 111 Å². The molecule has 0 atom stereocenters. The van der Waals surface area contributed by atoms with Gasteiger partial charge in [-0.2, -0.15) is 0 Å². The number of carbonyl (C=O) groups is 1. The Balaban J connectivity index is 2.74. The first-order valence-electron chi connectivity index (χ1n) is 5.60. The summed E-state index contributed by atoms with van der Waals surface area (Å²) >= 11 is 3.37. The van der Waals surface area contributed by atoms with Crippen LogP contribution in [-0.2, 0) is 0 Å². The molecule has 3 N–H and O–H groups in total. The molecular formula is C13H19BrN2O. The number of rotatable bonds is 4. The van der Waals surface area contributed by atoms with Crippen molar-refractivity contribution in [2.24, 2.45) is 11.1 Å². The number of nitrogens with two attached hydrogens (primary N) is 1. The summed E-state index contributed by atoms with van der Waals surface area (Å²) in [5.41, 5.74) is 7.22. The highest BCUT2D eigenvalue weighted by Crippen LogP contribution is 2.16. The number of amides is 1. The van der Waals surface area contributed by atoms with E-state index >= 15 is 0 Å². The zero-order valence-corrected chi connectivity index (χ0v) is 12.1. The second-order valence-corrected chi connectivity index (χ2v) is 5.93. The van der Waals surface area contributed by atoms with Gasteiger partial charge in [0, 0.05) is 16.6 Å². The Morgan fingerprint density at radius 3 is 2.71 bits per heavy atom. The fourth-order valence-electron chi connectivity index (χ4n) is 1.33. The van der Waals surface area contributed by atoms with Gasteiger partial charge in [0.05, 0.1) is 0 Å². The Kier molecular flexibility index (Phi) is 4.71. The monoisotopic (exact) mass is 298 g/mol. The number of hydrogen-bond donors (Lipinski definition) is 2. The van der Waals surface area contributed by atoms with Crippen LogP contribution < -0.4 is 11.1 Å². The fourth-order valence-corrected chi connectivity index (χ4v) is 1.69. The summed E-state index contributed by atoms with van der Waals surface area (Å²) in [7, 11) is 0. The highest BCUT2D eigenvalue weighted by atomic mass is 79.9. The lowest BCUT2D eigenvalue weighted by Gasteiger charge is -2.22. The van der Waals surface area contributed by atoms with Crippen molar-refractivity contribution in [2.75, 3.05) is 13.1 Å². The van der Waals surface area contributed by atoms with Gasteiger partial charge < -0.3 is 11.1 Å². The van der Waals surface area contributed by atoms with E-state index in [1.54, 1.807) is 0 Å².